The van der Waals surface area contributed by atoms with Gasteiger partial charge in [0.25, 0.3) is 0 Å². The summed E-state index contributed by atoms with van der Waals surface area (Å²) >= 11 is 0. The summed E-state index contributed by atoms with van der Waals surface area (Å²) in [5, 5.41) is 3.15. The molecule has 152 valence electrons. The van der Waals surface area contributed by atoms with Crippen LogP contribution in [0.5, 0.6) is 0 Å². The molecule has 0 bridgehead atoms. The highest BCUT2D eigenvalue weighted by molar-refractivity contribution is 5.74. The van der Waals surface area contributed by atoms with Gasteiger partial charge in [-0.2, -0.15) is 0 Å². The quantitative estimate of drug-likeness (QED) is 0.603. The van der Waals surface area contributed by atoms with E-state index in [4.69, 9.17) is 0 Å². The van der Waals surface area contributed by atoms with E-state index in [1.165, 1.54) is 36.1 Å². The van der Waals surface area contributed by atoms with Crippen LogP contribution in [0.15, 0.2) is 42.6 Å². The second kappa shape index (κ2) is 10.4. The molecule has 1 heterocycles. The number of urea groups is 1. The lowest BCUT2D eigenvalue weighted by atomic mass is 9.94. The van der Waals surface area contributed by atoms with E-state index in [2.05, 4.69) is 71.2 Å². The van der Waals surface area contributed by atoms with Crippen LogP contribution in [-0.4, -0.2) is 28.1 Å². The summed E-state index contributed by atoms with van der Waals surface area (Å²) in [4.78, 5) is 15.1. The summed E-state index contributed by atoms with van der Waals surface area (Å²) in [6, 6.07) is 13.3. The van der Waals surface area contributed by atoms with Gasteiger partial charge in [0.1, 0.15) is 0 Å². The lowest BCUT2D eigenvalue weighted by molar-refractivity contribution is 0.149. The highest BCUT2D eigenvalue weighted by Gasteiger charge is 2.26. The zero-order chi connectivity index (χ0) is 19.8. The SMILES string of the molecule is CCCCNC(=O)N(Cc1cccn1Cc1ccccc1C)C1CCCCC1. The van der Waals surface area contributed by atoms with Gasteiger partial charge in [-0.15, -0.1) is 0 Å². The molecule has 0 atom stereocenters. The summed E-state index contributed by atoms with van der Waals surface area (Å²) in [6.45, 7) is 6.62. The second-order valence-corrected chi connectivity index (χ2v) is 8.06. The van der Waals surface area contributed by atoms with E-state index in [1.807, 2.05) is 0 Å². The predicted molar refractivity (Wildman–Crippen MR) is 115 cm³/mol. The van der Waals surface area contributed by atoms with Gasteiger partial charge in [0.05, 0.1) is 6.54 Å². The topological polar surface area (TPSA) is 37.3 Å². The number of hydrogen-bond donors (Lipinski definition) is 1. The van der Waals surface area contributed by atoms with Crippen molar-refractivity contribution in [2.45, 2.75) is 77.9 Å². The minimum absolute atomic E-state index is 0.101. The molecule has 1 aromatic heterocycles. The number of aromatic nitrogens is 1. The molecule has 2 aromatic rings. The first-order valence-electron chi connectivity index (χ1n) is 10.9. The molecule has 2 amide bonds. The van der Waals surface area contributed by atoms with Gasteiger partial charge in [-0.05, 0) is 49.4 Å². The van der Waals surface area contributed by atoms with E-state index in [0.29, 0.717) is 12.6 Å². The number of unbranched alkanes of at least 4 members (excludes halogenated alkanes) is 1. The van der Waals surface area contributed by atoms with Crippen molar-refractivity contribution in [3.63, 3.8) is 0 Å². The van der Waals surface area contributed by atoms with Gasteiger partial charge < -0.3 is 14.8 Å². The molecule has 0 radical (unpaired) electrons. The highest BCUT2D eigenvalue weighted by Crippen LogP contribution is 2.25. The number of nitrogens with zero attached hydrogens (tertiary/aromatic N) is 2. The number of hydrogen-bond acceptors (Lipinski definition) is 1. The van der Waals surface area contributed by atoms with Gasteiger partial charge in [0, 0.05) is 31.0 Å². The molecule has 1 aliphatic carbocycles. The maximum atomic E-state index is 13.0. The monoisotopic (exact) mass is 381 g/mol. The van der Waals surface area contributed by atoms with Gasteiger partial charge in [0.2, 0.25) is 0 Å². The largest absolute Gasteiger partial charge is 0.345 e. The summed E-state index contributed by atoms with van der Waals surface area (Å²) in [5.41, 5.74) is 3.85. The number of amides is 2. The van der Waals surface area contributed by atoms with Crippen molar-refractivity contribution < 1.29 is 4.79 Å². The first kappa shape index (κ1) is 20.5. The molecule has 0 aliphatic heterocycles. The van der Waals surface area contributed by atoms with Crippen LogP contribution in [0.1, 0.15) is 68.7 Å². The van der Waals surface area contributed by atoms with Gasteiger partial charge >= 0.3 is 6.03 Å². The summed E-state index contributed by atoms with van der Waals surface area (Å²) in [6.07, 6.45) is 10.3. The Morgan fingerprint density at radius 1 is 1.14 bits per heavy atom. The van der Waals surface area contributed by atoms with E-state index in [9.17, 15) is 4.79 Å². The summed E-state index contributed by atoms with van der Waals surface area (Å²) < 4.78 is 2.29. The minimum atomic E-state index is 0.101. The van der Waals surface area contributed by atoms with Crippen molar-refractivity contribution in [3.8, 4) is 0 Å². The van der Waals surface area contributed by atoms with Crippen LogP contribution in [0.2, 0.25) is 0 Å². The van der Waals surface area contributed by atoms with E-state index < -0.39 is 0 Å². The van der Waals surface area contributed by atoms with Crippen molar-refractivity contribution >= 4 is 6.03 Å². The molecule has 4 nitrogen and oxygen atoms in total. The summed E-state index contributed by atoms with van der Waals surface area (Å²) in [5.74, 6) is 0. The minimum Gasteiger partial charge on any atom is -0.345 e. The molecule has 4 heteroatoms. The zero-order valence-electron chi connectivity index (χ0n) is 17.5. The smallest absolute Gasteiger partial charge is 0.318 e. The molecule has 1 fully saturated rings. The molecule has 1 aromatic carbocycles. The molecular formula is C24H35N3O. The third kappa shape index (κ3) is 5.40. The first-order chi connectivity index (χ1) is 13.7. The second-order valence-electron chi connectivity index (χ2n) is 8.06. The Balaban J connectivity index is 1.74. The van der Waals surface area contributed by atoms with E-state index in [-0.39, 0.29) is 6.03 Å². The average molecular weight is 382 g/mol. The number of aryl methyl sites for hydroxylation is 1. The van der Waals surface area contributed by atoms with Crippen LogP contribution in [-0.2, 0) is 13.1 Å². The maximum Gasteiger partial charge on any atom is 0.318 e. The molecule has 0 saturated heterocycles. The van der Waals surface area contributed by atoms with Crippen molar-refractivity contribution in [1.29, 1.82) is 0 Å². The molecule has 0 spiro atoms. The van der Waals surface area contributed by atoms with Crippen molar-refractivity contribution in [2.75, 3.05) is 6.54 Å². The van der Waals surface area contributed by atoms with Gasteiger partial charge in [-0.3, -0.25) is 0 Å². The van der Waals surface area contributed by atoms with Crippen LogP contribution in [0.3, 0.4) is 0 Å². The molecular weight excluding hydrogens is 346 g/mol. The molecule has 3 rings (SSSR count). The van der Waals surface area contributed by atoms with Gasteiger partial charge in [-0.25, -0.2) is 4.79 Å². The maximum absolute atomic E-state index is 13.0. The van der Waals surface area contributed by atoms with Crippen LogP contribution < -0.4 is 5.32 Å². The number of nitrogens with one attached hydrogen (secondary N) is 1. The van der Waals surface area contributed by atoms with E-state index >= 15 is 0 Å². The molecule has 1 N–H and O–H groups in total. The Labute approximate surface area is 169 Å². The third-order valence-corrected chi connectivity index (χ3v) is 5.94. The van der Waals surface area contributed by atoms with Crippen molar-refractivity contribution in [3.05, 3.63) is 59.4 Å². The molecule has 0 unspecified atom stereocenters. The standard InChI is InChI=1S/C24H35N3O/c1-3-4-16-25-24(28)27(22-13-6-5-7-14-22)19-23-15-10-17-26(23)18-21-12-9-8-11-20(21)2/h8-12,15,17,22H,3-7,13-14,16,18-19H2,1-2H3,(H,25,28). The van der Waals surface area contributed by atoms with Crippen LogP contribution in [0.4, 0.5) is 4.79 Å². The first-order valence-corrected chi connectivity index (χ1v) is 10.9. The predicted octanol–water partition coefficient (Wildman–Crippen LogP) is 5.49. The fraction of sp³-hybridized carbons (Fsp3) is 0.542. The fourth-order valence-electron chi connectivity index (χ4n) is 4.13. The number of rotatable bonds is 8. The third-order valence-electron chi connectivity index (χ3n) is 5.94. The van der Waals surface area contributed by atoms with Gasteiger partial charge in [-0.1, -0.05) is 56.9 Å². The molecule has 1 aliphatic rings. The Bertz CT molecular complexity index is 746. The Morgan fingerprint density at radius 3 is 2.68 bits per heavy atom. The molecule has 28 heavy (non-hydrogen) atoms. The normalized spacial score (nSPS) is 14.8. The Morgan fingerprint density at radius 2 is 1.93 bits per heavy atom. The van der Waals surface area contributed by atoms with E-state index in [1.54, 1.807) is 0 Å². The van der Waals surface area contributed by atoms with Crippen LogP contribution >= 0.6 is 0 Å². The average Bonchev–Trinajstić information content (AvgIpc) is 3.15. The Kier molecular flexibility index (Phi) is 7.58. The summed E-state index contributed by atoms with van der Waals surface area (Å²) in [7, 11) is 0. The Hall–Kier alpha value is -2.23. The fourth-order valence-corrected chi connectivity index (χ4v) is 4.13. The number of carbonyl (C=O) groups excluding carboxylic acids is 1. The van der Waals surface area contributed by atoms with Crippen LogP contribution in [0, 0.1) is 6.92 Å². The van der Waals surface area contributed by atoms with Crippen LogP contribution in [0.25, 0.3) is 0 Å². The van der Waals surface area contributed by atoms with Crippen molar-refractivity contribution in [1.82, 2.24) is 14.8 Å². The highest BCUT2D eigenvalue weighted by atomic mass is 16.2. The van der Waals surface area contributed by atoms with E-state index in [0.717, 1.165) is 38.8 Å². The van der Waals surface area contributed by atoms with Crippen molar-refractivity contribution in [2.24, 2.45) is 0 Å². The van der Waals surface area contributed by atoms with Gasteiger partial charge in [0.15, 0.2) is 0 Å². The number of benzene rings is 1. The zero-order valence-corrected chi connectivity index (χ0v) is 17.5. The lowest BCUT2D eigenvalue weighted by Crippen LogP contribution is -2.47. The lowest BCUT2D eigenvalue weighted by Gasteiger charge is -2.34. The number of carbonyl (C=O) groups is 1. The molecule has 1 saturated carbocycles.